The molecule has 0 bridgehead atoms. The summed E-state index contributed by atoms with van der Waals surface area (Å²) in [5.41, 5.74) is 0. The number of rotatable bonds is 0. The van der Waals surface area contributed by atoms with Crippen molar-refractivity contribution in [2.75, 3.05) is 0 Å². The molecule has 0 amide bonds. The summed E-state index contributed by atoms with van der Waals surface area (Å²) in [7, 11) is -7.80. The molecule has 0 saturated heterocycles. The minimum Gasteiger partial charge on any atom is -0.357 e. The van der Waals surface area contributed by atoms with Crippen LogP contribution in [0.5, 0.6) is 0 Å². The van der Waals surface area contributed by atoms with Gasteiger partial charge in [-0.05, 0) is 0 Å². The Bertz CT molecular complexity index is 51.2. The number of hydrogen-bond acceptors (Lipinski definition) is 7. The SMILES string of the molecule is [O-][Cl+2]([O-])[O-].[O-][Cl+3]([O-])([O-])[O-].[Sr+2].[Sr+2]. The van der Waals surface area contributed by atoms with E-state index >= 15 is 0 Å². The van der Waals surface area contributed by atoms with Gasteiger partial charge >= 0.3 is 91.0 Å². The molecular formula is Cl2O7Sr2+2. The molecule has 0 atom stereocenters. The minimum absolute atomic E-state index is 0. The van der Waals surface area contributed by atoms with E-state index in [4.69, 9.17) is 32.6 Å². The standard InChI is InChI=1S/ClHO4.ClO3.2Sr/c2-1(3,4)5;2-1(3)4;;/h(H,2,3,4,5);;;/q;-1;2*+2/p-1. The molecule has 7 nitrogen and oxygen atoms in total. The normalized spacial score (nSPS) is 8.73. The zero-order valence-corrected chi connectivity index (χ0v) is 13.5. The van der Waals surface area contributed by atoms with Crippen LogP contribution in [0, 0.1) is 21.0 Å². The van der Waals surface area contributed by atoms with Crippen molar-refractivity contribution in [2.45, 2.75) is 0 Å². The van der Waals surface area contributed by atoms with Crippen LogP contribution in [0.25, 0.3) is 0 Å². The summed E-state index contributed by atoms with van der Waals surface area (Å²) in [6.07, 6.45) is 0. The molecule has 0 saturated carbocycles. The predicted molar refractivity (Wildman–Crippen MR) is 11.5 cm³/mol. The van der Waals surface area contributed by atoms with Crippen LogP contribution in [0.4, 0.5) is 0 Å². The fourth-order valence-corrected chi connectivity index (χ4v) is 0. The summed E-state index contributed by atoms with van der Waals surface area (Å²) in [5.74, 6) is 0. The first kappa shape index (κ1) is 23.8. The van der Waals surface area contributed by atoms with E-state index in [1.807, 2.05) is 0 Å². The van der Waals surface area contributed by atoms with Crippen molar-refractivity contribution in [3.8, 4) is 0 Å². The zero-order valence-electron chi connectivity index (χ0n) is 5.03. The van der Waals surface area contributed by atoms with E-state index in [9.17, 15) is 0 Å². The molecule has 11 heteroatoms. The molecule has 0 unspecified atom stereocenters. The van der Waals surface area contributed by atoms with E-state index in [-0.39, 0.29) is 91.0 Å². The molecule has 0 rings (SSSR count). The van der Waals surface area contributed by atoms with Crippen LogP contribution in [0.2, 0.25) is 0 Å². The summed E-state index contributed by atoms with van der Waals surface area (Å²) in [5, 5.41) is 0. The number of halogens is 2. The first-order chi connectivity index (χ1) is 3.73. The molecule has 0 fully saturated rings. The Balaban J connectivity index is -0.0000000383. The van der Waals surface area contributed by atoms with Gasteiger partial charge in [0.15, 0.2) is 0 Å². The molecule has 0 heterocycles. The largest absolute Gasteiger partial charge is 2.00 e. The third-order valence-corrected chi connectivity index (χ3v) is 0. The van der Waals surface area contributed by atoms with E-state index in [1.165, 1.54) is 0 Å². The van der Waals surface area contributed by atoms with Gasteiger partial charge < -0.3 is 14.0 Å². The van der Waals surface area contributed by atoms with Crippen molar-refractivity contribution < 1.29 is 53.6 Å². The van der Waals surface area contributed by atoms with Gasteiger partial charge in [0.1, 0.15) is 0 Å². The Morgan fingerprint density at radius 2 is 0.727 bits per heavy atom. The predicted octanol–water partition coefficient (Wildman–Crippen LogP) is -9.08. The third-order valence-electron chi connectivity index (χ3n) is 0. The monoisotopic (exact) mass is 358 g/mol. The number of hydrogen-bond donors (Lipinski definition) is 0. The van der Waals surface area contributed by atoms with Crippen molar-refractivity contribution in [3.63, 3.8) is 0 Å². The van der Waals surface area contributed by atoms with E-state index in [2.05, 4.69) is 0 Å². The fraction of sp³-hybridized carbons (Fsp3) is 0. The Kier molecular flexibility index (Phi) is 28.7. The van der Waals surface area contributed by atoms with Gasteiger partial charge in [0.2, 0.25) is 0 Å². The van der Waals surface area contributed by atoms with Crippen molar-refractivity contribution in [1.82, 2.24) is 0 Å². The average molecular weight is 358 g/mol. The van der Waals surface area contributed by atoms with E-state index < -0.39 is 21.0 Å². The first-order valence-corrected chi connectivity index (χ1v) is 3.24. The quantitative estimate of drug-likeness (QED) is 0.388. The third kappa shape index (κ3) is 158. The molecule has 0 spiro atoms. The van der Waals surface area contributed by atoms with Crippen LogP contribution >= 0.6 is 0 Å². The smallest absolute Gasteiger partial charge is 0.357 e. The van der Waals surface area contributed by atoms with E-state index in [0.717, 1.165) is 0 Å². The second-order valence-corrected chi connectivity index (χ2v) is 1.70. The van der Waals surface area contributed by atoms with Gasteiger partial charge in [-0.2, -0.15) is 0 Å². The zero-order chi connectivity index (χ0) is 8.08. The van der Waals surface area contributed by atoms with Gasteiger partial charge in [0.05, 0.1) is 10.8 Å². The van der Waals surface area contributed by atoms with Gasteiger partial charge in [0, 0.05) is 0 Å². The fourth-order valence-electron chi connectivity index (χ4n) is 0. The Morgan fingerprint density at radius 3 is 0.727 bits per heavy atom. The topological polar surface area (TPSA) is 161 Å². The Hall–Kier alpha value is 3.26. The van der Waals surface area contributed by atoms with Crippen LogP contribution in [-0.4, -0.2) is 91.0 Å². The summed E-state index contributed by atoms with van der Waals surface area (Å²) in [6, 6.07) is 0. The maximum Gasteiger partial charge on any atom is 2.00 e. The van der Waals surface area contributed by atoms with Crippen molar-refractivity contribution >= 4 is 91.0 Å². The van der Waals surface area contributed by atoms with Gasteiger partial charge in [-0.1, -0.05) is 0 Å². The van der Waals surface area contributed by atoms with Crippen LogP contribution in [0.1, 0.15) is 0 Å². The van der Waals surface area contributed by atoms with E-state index in [0.29, 0.717) is 0 Å². The Labute approximate surface area is 141 Å². The molecule has 0 aromatic carbocycles. The maximum absolute atomic E-state index is 8.49. The van der Waals surface area contributed by atoms with Crippen LogP contribution < -0.4 is 32.6 Å². The van der Waals surface area contributed by atoms with Crippen LogP contribution in [-0.2, 0) is 0 Å². The summed E-state index contributed by atoms with van der Waals surface area (Å²) in [6.45, 7) is 0. The average Bonchev–Trinajstić information content (AvgIpc) is 1.19. The molecule has 0 N–H and O–H groups in total. The van der Waals surface area contributed by atoms with Crippen LogP contribution in [0.15, 0.2) is 0 Å². The van der Waals surface area contributed by atoms with E-state index in [1.54, 1.807) is 0 Å². The second-order valence-electron chi connectivity index (χ2n) is 0.567. The summed E-state index contributed by atoms with van der Waals surface area (Å²) >= 11 is 0. The van der Waals surface area contributed by atoms with Crippen LogP contribution in [0.3, 0.4) is 0 Å². The summed E-state index contributed by atoms with van der Waals surface area (Å²) < 4.78 is 59.2. The summed E-state index contributed by atoms with van der Waals surface area (Å²) in [4.78, 5) is 0. The molecule has 0 aliphatic carbocycles. The van der Waals surface area contributed by atoms with Gasteiger partial charge in [-0.25, -0.2) is 18.6 Å². The van der Waals surface area contributed by atoms with Crippen molar-refractivity contribution in [3.05, 3.63) is 0 Å². The Morgan fingerprint density at radius 1 is 0.727 bits per heavy atom. The van der Waals surface area contributed by atoms with Crippen molar-refractivity contribution in [1.29, 1.82) is 0 Å². The molecule has 0 aromatic heterocycles. The maximum atomic E-state index is 8.49. The van der Waals surface area contributed by atoms with Crippen molar-refractivity contribution in [2.24, 2.45) is 0 Å². The molecule has 11 heavy (non-hydrogen) atoms. The molecule has 0 aromatic rings. The molecule has 0 radical (unpaired) electrons. The van der Waals surface area contributed by atoms with Gasteiger partial charge in [0.25, 0.3) is 0 Å². The molecular weight excluding hydrogens is 358 g/mol. The van der Waals surface area contributed by atoms with Gasteiger partial charge in [-0.3, -0.25) is 0 Å². The molecule has 0 aliphatic heterocycles. The first-order valence-electron chi connectivity index (χ1n) is 1.08. The van der Waals surface area contributed by atoms with Gasteiger partial charge in [-0.15, -0.1) is 10.2 Å². The molecule has 58 valence electrons. The second kappa shape index (κ2) is 13.3. The minimum atomic E-state index is -4.94. The molecule has 0 aliphatic rings.